The van der Waals surface area contributed by atoms with E-state index in [9.17, 15) is 9.59 Å². The van der Waals surface area contributed by atoms with Crippen molar-refractivity contribution in [1.82, 2.24) is 10.2 Å². The third-order valence-electron chi connectivity index (χ3n) is 5.17. The lowest BCUT2D eigenvalue weighted by Gasteiger charge is -2.27. The van der Waals surface area contributed by atoms with E-state index in [1.165, 1.54) is 12.8 Å². The fourth-order valence-corrected chi connectivity index (χ4v) is 3.49. The van der Waals surface area contributed by atoms with Gasteiger partial charge < -0.3 is 10.2 Å². The molecule has 0 atom stereocenters. The van der Waals surface area contributed by atoms with Gasteiger partial charge in [0.05, 0.1) is 0 Å². The molecule has 1 aromatic rings. The van der Waals surface area contributed by atoms with Gasteiger partial charge in [-0.2, -0.15) is 0 Å². The third-order valence-corrected chi connectivity index (χ3v) is 5.17. The number of carbonyl (C=O) groups excluding carboxylic acids is 2. The summed E-state index contributed by atoms with van der Waals surface area (Å²) in [6.45, 7) is 3.19. The van der Waals surface area contributed by atoms with Crippen molar-refractivity contribution >= 4 is 11.8 Å². The van der Waals surface area contributed by atoms with Gasteiger partial charge in [-0.25, -0.2) is 0 Å². The van der Waals surface area contributed by atoms with E-state index >= 15 is 0 Å². The molecule has 2 aliphatic carbocycles. The highest BCUT2D eigenvalue weighted by atomic mass is 16.2. The van der Waals surface area contributed by atoms with Crippen LogP contribution in [-0.4, -0.2) is 29.3 Å². The molecule has 124 valence electrons. The molecule has 0 bridgehead atoms. The first kappa shape index (κ1) is 16.0. The van der Waals surface area contributed by atoms with Crippen LogP contribution in [0.4, 0.5) is 0 Å². The van der Waals surface area contributed by atoms with Crippen LogP contribution >= 0.6 is 0 Å². The minimum Gasteiger partial charge on any atom is -0.352 e. The van der Waals surface area contributed by atoms with Crippen LogP contribution in [0.2, 0.25) is 0 Å². The molecule has 2 amide bonds. The Balaban J connectivity index is 1.65. The van der Waals surface area contributed by atoms with Crippen molar-refractivity contribution in [1.29, 1.82) is 0 Å². The van der Waals surface area contributed by atoms with E-state index in [0.717, 1.165) is 18.4 Å². The molecule has 0 saturated heterocycles. The zero-order chi connectivity index (χ0) is 16.3. The van der Waals surface area contributed by atoms with Gasteiger partial charge in [0, 0.05) is 19.1 Å². The summed E-state index contributed by atoms with van der Waals surface area (Å²) in [5.41, 5.74) is 0.322. The van der Waals surface area contributed by atoms with Crippen molar-refractivity contribution < 1.29 is 9.59 Å². The van der Waals surface area contributed by atoms with Crippen LogP contribution in [0.1, 0.15) is 51.0 Å². The third kappa shape index (κ3) is 3.41. The van der Waals surface area contributed by atoms with Gasteiger partial charge in [0.2, 0.25) is 11.8 Å². The van der Waals surface area contributed by atoms with E-state index in [1.54, 1.807) is 0 Å². The van der Waals surface area contributed by atoms with E-state index < -0.39 is 5.41 Å². The second-order valence-corrected chi connectivity index (χ2v) is 6.84. The van der Waals surface area contributed by atoms with E-state index in [4.69, 9.17) is 0 Å². The topological polar surface area (TPSA) is 49.4 Å². The molecule has 3 rings (SSSR count). The zero-order valence-electron chi connectivity index (χ0n) is 13.9. The number of rotatable bonds is 6. The average Bonchev–Trinajstić information content (AvgIpc) is 3.24. The van der Waals surface area contributed by atoms with Gasteiger partial charge in [0.25, 0.3) is 0 Å². The smallest absolute Gasteiger partial charge is 0.238 e. The Morgan fingerprint density at radius 3 is 2.39 bits per heavy atom. The fraction of sp³-hybridized carbons (Fsp3) is 0.579. The normalized spacial score (nSPS) is 19.3. The molecule has 4 nitrogen and oxygen atoms in total. The maximum Gasteiger partial charge on any atom is 0.238 e. The zero-order valence-corrected chi connectivity index (χ0v) is 13.9. The van der Waals surface area contributed by atoms with Crippen molar-refractivity contribution in [3.05, 3.63) is 35.9 Å². The minimum absolute atomic E-state index is 0.000602. The van der Waals surface area contributed by atoms with E-state index in [1.807, 2.05) is 42.2 Å². The monoisotopic (exact) mass is 314 g/mol. The first-order valence-corrected chi connectivity index (χ1v) is 8.80. The van der Waals surface area contributed by atoms with Crippen LogP contribution < -0.4 is 5.32 Å². The van der Waals surface area contributed by atoms with Crippen LogP contribution in [0.5, 0.6) is 0 Å². The number of hydrogen-bond acceptors (Lipinski definition) is 2. The Kier molecular flexibility index (Phi) is 4.69. The molecular weight excluding hydrogens is 288 g/mol. The summed E-state index contributed by atoms with van der Waals surface area (Å²) >= 11 is 0. The summed E-state index contributed by atoms with van der Waals surface area (Å²) in [7, 11) is 0. The molecule has 0 aromatic heterocycles. The minimum atomic E-state index is -0.784. The first-order valence-electron chi connectivity index (χ1n) is 8.80. The van der Waals surface area contributed by atoms with Crippen molar-refractivity contribution in [2.45, 2.75) is 58.0 Å². The standard InChI is InChI=1S/C19H26N2O2/c1-2-21(14-15-8-4-3-5-9-15)18(23)19(12-13-19)17(22)20-16-10-6-7-11-16/h3-5,8-9,16H,2,6-7,10-14H2,1H3,(H,20,22). The summed E-state index contributed by atoms with van der Waals surface area (Å²) in [5, 5.41) is 3.12. The van der Waals surface area contributed by atoms with Gasteiger partial charge in [-0.15, -0.1) is 0 Å². The molecule has 0 heterocycles. The van der Waals surface area contributed by atoms with Crippen molar-refractivity contribution in [3.8, 4) is 0 Å². The maximum absolute atomic E-state index is 12.9. The molecule has 2 aliphatic rings. The first-order chi connectivity index (χ1) is 11.2. The largest absolute Gasteiger partial charge is 0.352 e. The molecule has 0 unspecified atom stereocenters. The molecule has 23 heavy (non-hydrogen) atoms. The summed E-state index contributed by atoms with van der Waals surface area (Å²) < 4.78 is 0. The number of benzene rings is 1. The Morgan fingerprint density at radius 2 is 1.83 bits per heavy atom. The second-order valence-electron chi connectivity index (χ2n) is 6.84. The number of carbonyl (C=O) groups is 2. The molecule has 2 saturated carbocycles. The van der Waals surface area contributed by atoms with Crippen LogP contribution in [-0.2, 0) is 16.1 Å². The number of nitrogens with one attached hydrogen (secondary N) is 1. The van der Waals surface area contributed by atoms with Crippen LogP contribution in [0.25, 0.3) is 0 Å². The molecular formula is C19H26N2O2. The van der Waals surface area contributed by atoms with E-state index in [0.29, 0.717) is 25.9 Å². The summed E-state index contributed by atoms with van der Waals surface area (Å²) in [6.07, 6.45) is 5.85. The van der Waals surface area contributed by atoms with Gasteiger partial charge in [-0.3, -0.25) is 9.59 Å². The van der Waals surface area contributed by atoms with Gasteiger partial charge in [-0.05, 0) is 38.2 Å². The Hall–Kier alpha value is -1.84. The molecule has 1 N–H and O–H groups in total. The SMILES string of the molecule is CCN(Cc1ccccc1)C(=O)C1(C(=O)NC2CCCC2)CC1. The lowest BCUT2D eigenvalue weighted by atomic mass is 10.0. The lowest BCUT2D eigenvalue weighted by molar-refractivity contribution is -0.144. The number of nitrogens with zero attached hydrogens (tertiary/aromatic N) is 1. The van der Waals surface area contributed by atoms with Crippen molar-refractivity contribution in [3.63, 3.8) is 0 Å². The molecule has 4 heteroatoms. The fourth-order valence-electron chi connectivity index (χ4n) is 3.49. The summed E-state index contributed by atoms with van der Waals surface area (Å²) in [6, 6.07) is 10.2. The molecule has 1 aromatic carbocycles. The number of hydrogen-bond donors (Lipinski definition) is 1. The van der Waals surface area contributed by atoms with E-state index in [-0.39, 0.29) is 17.9 Å². The Morgan fingerprint density at radius 1 is 1.17 bits per heavy atom. The predicted octanol–water partition coefficient (Wildman–Crippen LogP) is 2.87. The second kappa shape index (κ2) is 6.73. The van der Waals surface area contributed by atoms with Crippen molar-refractivity contribution in [2.24, 2.45) is 5.41 Å². The Bertz CT molecular complexity index is 560. The van der Waals surface area contributed by atoms with Crippen LogP contribution in [0.15, 0.2) is 30.3 Å². The lowest BCUT2D eigenvalue weighted by Crippen LogP contribution is -2.47. The van der Waals surface area contributed by atoms with Gasteiger partial charge in [0.15, 0.2) is 0 Å². The van der Waals surface area contributed by atoms with E-state index in [2.05, 4.69) is 5.32 Å². The van der Waals surface area contributed by atoms with Gasteiger partial charge >= 0.3 is 0 Å². The van der Waals surface area contributed by atoms with Gasteiger partial charge in [0.1, 0.15) is 5.41 Å². The summed E-state index contributed by atoms with van der Waals surface area (Å²) in [4.78, 5) is 27.4. The average molecular weight is 314 g/mol. The molecule has 0 aliphatic heterocycles. The number of amides is 2. The highest BCUT2D eigenvalue weighted by molar-refractivity contribution is 6.07. The molecule has 0 radical (unpaired) electrons. The van der Waals surface area contributed by atoms with Crippen LogP contribution in [0, 0.1) is 5.41 Å². The van der Waals surface area contributed by atoms with Crippen molar-refractivity contribution in [2.75, 3.05) is 6.54 Å². The Labute approximate surface area is 138 Å². The molecule has 0 spiro atoms. The maximum atomic E-state index is 12.9. The highest BCUT2D eigenvalue weighted by Gasteiger charge is 2.58. The summed E-state index contributed by atoms with van der Waals surface area (Å²) in [5.74, 6) is -0.0414. The van der Waals surface area contributed by atoms with Gasteiger partial charge in [-0.1, -0.05) is 43.2 Å². The molecule has 2 fully saturated rings. The quantitative estimate of drug-likeness (QED) is 0.821. The highest BCUT2D eigenvalue weighted by Crippen LogP contribution is 2.48. The van der Waals surface area contributed by atoms with Crippen LogP contribution in [0.3, 0.4) is 0 Å². The predicted molar refractivity (Wildman–Crippen MR) is 89.6 cm³/mol.